The summed E-state index contributed by atoms with van der Waals surface area (Å²) >= 11 is 0. The third kappa shape index (κ3) is 4.47. The normalized spacial score (nSPS) is 10.6. The van der Waals surface area contributed by atoms with Gasteiger partial charge in [-0.15, -0.1) is 0 Å². The molecule has 10 nitrogen and oxygen atoms in total. The lowest BCUT2D eigenvalue weighted by Crippen LogP contribution is -2.48. The van der Waals surface area contributed by atoms with Gasteiger partial charge in [0.25, 0.3) is 0 Å². The van der Waals surface area contributed by atoms with Gasteiger partial charge in [0.1, 0.15) is 5.76 Å². The highest BCUT2D eigenvalue weighted by molar-refractivity contribution is 5.26. The van der Waals surface area contributed by atoms with Crippen LogP contribution in [0.25, 0.3) is 5.69 Å². The van der Waals surface area contributed by atoms with Gasteiger partial charge in [-0.1, -0.05) is 49.3 Å². The van der Waals surface area contributed by atoms with E-state index >= 15 is 0 Å². The number of hydrogen-bond acceptors (Lipinski definition) is 6. The van der Waals surface area contributed by atoms with E-state index in [1.54, 1.807) is 29.9 Å². The van der Waals surface area contributed by atoms with Gasteiger partial charge < -0.3 is 4.52 Å². The summed E-state index contributed by atoms with van der Waals surface area (Å²) in [4.78, 5) is 39.6. The van der Waals surface area contributed by atoms with Crippen LogP contribution in [0.1, 0.15) is 37.9 Å². The Balaban J connectivity index is 0.00000118. The predicted octanol–water partition coefficient (Wildman–Crippen LogP) is 1.86. The molecule has 0 fully saturated rings. The Morgan fingerprint density at radius 2 is 1.74 bits per heavy atom. The van der Waals surface area contributed by atoms with E-state index in [1.165, 1.54) is 6.20 Å². The Labute approximate surface area is 178 Å². The molecule has 10 heteroatoms. The molecule has 0 aliphatic carbocycles. The summed E-state index contributed by atoms with van der Waals surface area (Å²) in [6.07, 6.45) is 2.95. The molecular weight excluding hydrogens is 400 g/mol. The van der Waals surface area contributed by atoms with E-state index in [2.05, 4.69) is 15.2 Å². The lowest BCUT2D eigenvalue weighted by Gasteiger charge is -2.07. The van der Waals surface area contributed by atoms with E-state index in [9.17, 15) is 14.4 Å². The summed E-state index contributed by atoms with van der Waals surface area (Å²) in [5.74, 6) is 0.672. The molecule has 0 atom stereocenters. The molecule has 0 radical (unpaired) electrons. The first-order chi connectivity index (χ1) is 14.9. The zero-order valence-electron chi connectivity index (χ0n) is 17.8. The zero-order valence-corrected chi connectivity index (χ0v) is 17.8. The number of nitrogens with zero attached hydrogens (tertiary/aromatic N) is 5. The van der Waals surface area contributed by atoms with Crippen LogP contribution in [0.2, 0.25) is 0 Å². The average molecular weight is 426 g/mol. The first-order valence-corrected chi connectivity index (χ1v) is 9.88. The minimum atomic E-state index is -0.818. The molecule has 1 N–H and O–H groups in total. The topological polar surface area (TPSA) is 121 Å². The molecule has 3 heterocycles. The Hall–Kier alpha value is -3.95. The predicted molar refractivity (Wildman–Crippen MR) is 117 cm³/mol. The number of benzene rings is 1. The van der Waals surface area contributed by atoms with E-state index in [4.69, 9.17) is 4.52 Å². The molecule has 0 amide bonds. The van der Waals surface area contributed by atoms with Gasteiger partial charge in [-0.2, -0.15) is 5.10 Å². The number of hydrogen-bond donors (Lipinski definition) is 1. The molecule has 0 unspecified atom stereocenters. The first kappa shape index (κ1) is 21.8. The highest BCUT2D eigenvalue weighted by Crippen LogP contribution is 2.14. The SMILES string of the molecule is CC.Cc1noc(C)c1Cn1cc(-n2c(=O)[nH]c(=O)n(Cc3ccccc3)c2=O)cn1.[HH]. The van der Waals surface area contributed by atoms with Gasteiger partial charge in [0.2, 0.25) is 0 Å². The lowest BCUT2D eigenvalue weighted by atomic mass is 10.2. The van der Waals surface area contributed by atoms with Gasteiger partial charge in [0.15, 0.2) is 0 Å². The van der Waals surface area contributed by atoms with Gasteiger partial charge in [0.05, 0.1) is 30.7 Å². The maximum Gasteiger partial charge on any atom is 0.341 e. The number of aromatic amines is 1. The van der Waals surface area contributed by atoms with Crippen LogP contribution >= 0.6 is 0 Å². The molecule has 0 aliphatic heterocycles. The quantitative estimate of drug-likeness (QED) is 0.520. The van der Waals surface area contributed by atoms with Crippen molar-refractivity contribution in [1.29, 1.82) is 0 Å². The van der Waals surface area contributed by atoms with E-state index < -0.39 is 17.1 Å². The van der Waals surface area contributed by atoms with Crippen LogP contribution in [0.15, 0.2) is 61.6 Å². The van der Waals surface area contributed by atoms with E-state index in [0.717, 1.165) is 26.0 Å². The van der Waals surface area contributed by atoms with Crippen LogP contribution in [-0.2, 0) is 13.1 Å². The molecule has 0 saturated carbocycles. The number of nitrogens with one attached hydrogen (secondary N) is 1. The smallest absolute Gasteiger partial charge is 0.341 e. The van der Waals surface area contributed by atoms with E-state index in [1.807, 2.05) is 39.0 Å². The van der Waals surface area contributed by atoms with Gasteiger partial charge in [0, 0.05) is 13.2 Å². The van der Waals surface area contributed by atoms with Crippen molar-refractivity contribution >= 4 is 0 Å². The fraction of sp³-hybridized carbons (Fsp3) is 0.286. The van der Waals surface area contributed by atoms with Gasteiger partial charge >= 0.3 is 17.1 Å². The number of aryl methyl sites for hydroxylation is 2. The fourth-order valence-electron chi connectivity index (χ4n) is 3.09. The highest BCUT2D eigenvalue weighted by Gasteiger charge is 2.15. The molecule has 0 spiro atoms. The van der Waals surface area contributed by atoms with Gasteiger partial charge in [-0.25, -0.2) is 23.5 Å². The lowest BCUT2D eigenvalue weighted by molar-refractivity contribution is 0.391. The third-order valence-corrected chi connectivity index (χ3v) is 4.65. The minimum Gasteiger partial charge on any atom is -0.361 e. The Morgan fingerprint density at radius 1 is 1.03 bits per heavy atom. The Morgan fingerprint density at radius 3 is 2.39 bits per heavy atom. The molecule has 4 rings (SSSR count). The summed E-state index contributed by atoms with van der Waals surface area (Å²) in [5, 5.41) is 8.12. The van der Waals surface area contributed by atoms with Gasteiger partial charge in [-0.3, -0.25) is 9.67 Å². The van der Waals surface area contributed by atoms with E-state index in [0.29, 0.717) is 12.3 Å². The molecule has 1 aromatic carbocycles. The number of rotatable bonds is 5. The summed E-state index contributed by atoms with van der Waals surface area (Å²) in [5.41, 5.74) is 0.314. The van der Waals surface area contributed by atoms with Crippen molar-refractivity contribution in [2.45, 2.75) is 40.8 Å². The van der Waals surface area contributed by atoms with Crippen molar-refractivity contribution in [2.75, 3.05) is 0 Å². The second-order valence-corrected chi connectivity index (χ2v) is 6.62. The largest absolute Gasteiger partial charge is 0.361 e. The van der Waals surface area contributed by atoms with Crippen molar-refractivity contribution < 1.29 is 5.95 Å². The Bertz CT molecular complexity index is 1330. The molecule has 31 heavy (non-hydrogen) atoms. The van der Waals surface area contributed by atoms with Crippen molar-refractivity contribution in [2.24, 2.45) is 0 Å². The second kappa shape index (κ2) is 9.24. The number of H-pyrrole nitrogens is 1. The standard InChI is InChI=1S/C19H18N6O4.C2H6.H2/c1-12-16(13(2)29-22-12)11-23-10-15(8-20-23)25-18(27)21-17(26)24(19(25)28)9-14-6-4-3-5-7-14;1-2;/h3-8,10H,9,11H2,1-2H3,(H,21,26,27);1-2H3;1H. The molecule has 3 aromatic heterocycles. The summed E-state index contributed by atoms with van der Waals surface area (Å²) in [6, 6.07) is 9.04. The minimum absolute atomic E-state index is 0. The molecule has 4 aromatic rings. The van der Waals surface area contributed by atoms with Crippen LogP contribution in [-0.4, -0.2) is 29.1 Å². The average Bonchev–Trinajstić information content (AvgIpc) is 3.35. The van der Waals surface area contributed by atoms with E-state index in [-0.39, 0.29) is 13.7 Å². The third-order valence-electron chi connectivity index (χ3n) is 4.65. The maximum atomic E-state index is 12.9. The second-order valence-electron chi connectivity index (χ2n) is 6.62. The van der Waals surface area contributed by atoms with Crippen molar-refractivity contribution in [1.82, 2.24) is 29.1 Å². The maximum absolute atomic E-state index is 12.9. The molecule has 0 aliphatic rings. The van der Waals surface area contributed by atoms with Crippen LogP contribution in [0.4, 0.5) is 0 Å². The van der Waals surface area contributed by atoms with Crippen LogP contribution in [0.3, 0.4) is 0 Å². The number of aromatic nitrogens is 6. The monoisotopic (exact) mass is 426 g/mol. The summed E-state index contributed by atoms with van der Waals surface area (Å²) < 4.78 is 8.58. The summed E-state index contributed by atoms with van der Waals surface area (Å²) in [6.45, 7) is 8.04. The zero-order chi connectivity index (χ0) is 22.5. The fourth-order valence-corrected chi connectivity index (χ4v) is 3.09. The molecular formula is C21H26N6O4. The van der Waals surface area contributed by atoms with Crippen LogP contribution in [0, 0.1) is 13.8 Å². The Kier molecular flexibility index (Phi) is 6.49. The summed E-state index contributed by atoms with van der Waals surface area (Å²) in [7, 11) is 0. The molecule has 0 saturated heterocycles. The van der Waals surface area contributed by atoms with Crippen LogP contribution < -0.4 is 17.1 Å². The van der Waals surface area contributed by atoms with Crippen LogP contribution in [0.5, 0.6) is 0 Å². The van der Waals surface area contributed by atoms with Crippen molar-refractivity contribution in [3.8, 4) is 5.69 Å². The molecule has 164 valence electrons. The van der Waals surface area contributed by atoms with Crippen molar-refractivity contribution in [3.05, 3.63) is 96.8 Å². The first-order valence-electron chi connectivity index (χ1n) is 9.88. The van der Waals surface area contributed by atoms with Crippen molar-refractivity contribution in [3.63, 3.8) is 0 Å². The molecule has 0 bridgehead atoms. The van der Waals surface area contributed by atoms with Gasteiger partial charge in [-0.05, 0) is 19.4 Å². The highest BCUT2D eigenvalue weighted by atomic mass is 16.5.